The molecule has 2 aliphatic rings. The van der Waals surface area contributed by atoms with E-state index in [4.69, 9.17) is 16.6 Å². The van der Waals surface area contributed by atoms with Gasteiger partial charge in [-0.15, -0.1) is 0 Å². The van der Waals surface area contributed by atoms with Crippen molar-refractivity contribution in [1.82, 2.24) is 15.1 Å². The van der Waals surface area contributed by atoms with Gasteiger partial charge in [-0.1, -0.05) is 36.6 Å². The Kier molecular flexibility index (Phi) is 7.18. The molecular formula is C21H31ClN4O2. The van der Waals surface area contributed by atoms with Crippen molar-refractivity contribution in [3.63, 3.8) is 0 Å². The van der Waals surface area contributed by atoms with Gasteiger partial charge in [0, 0.05) is 37.7 Å². The number of carbonyl (C=O) groups is 1. The molecule has 154 valence electrons. The number of nitrogens with zero attached hydrogens (tertiary/aromatic N) is 3. The first kappa shape index (κ1) is 20.9. The van der Waals surface area contributed by atoms with E-state index in [0.29, 0.717) is 31.1 Å². The molecular weight excluding hydrogens is 376 g/mol. The smallest absolute Gasteiger partial charge is 0.227 e. The number of aliphatic hydroxyl groups is 1. The highest BCUT2D eigenvalue weighted by Gasteiger charge is 2.31. The first-order valence-electron chi connectivity index (χ1n) is 10.3. The largest absolute Gasteiger partial charge is 0.388 e. The van der Waals surface area contributed by atoms with E-state index in [1.807, 2.05) is 36.1 Å². The molecule has 1 aromatic carbocycles. The molecule has 1 aliphatic carbocycles. The van der Waals surface area contributed by atoms with Crippen molar-refractivity contribution in [3.05, 3.63) is 34.9 Å². The average Bonchev–Trinajstić information content (AvgIpc) is 3.12. The van der Waals surface area contributed by atoms with Gasteiger partial charge < -0.3 is 20.2 Å². The topological polar surface area (TPSA) is 68.2 Å². The van der Waals surface area contributed by atoms with Crippen LogP contribution >= 0.6 is 11.6 Å². The highest BCUT2D eigenvalue weighted by molar-refractivity contribution is 6.30. The number of benzene rings is 1. The van der Waals surface area contributed by atoms with Crippen LogP contribution in [0.5, 0.6) is 0 Å². The average molecular weight is 407 g/mol. The van der Waals surface area contributed by atoms with Crippen LogP contribution in [-0.4, -0.2) is 71.6 Å². The normalized spacial score (nSPS) is 19.8. The second-order valence-electron chi connectivity index (χ2n) is 7.78. The lowest BCUT2D eigenvalue weighted by molar-refractivity contribution is -0.131. The van der Waals surface area contributed by atoms with E-state index in [2.05, 4.69) is 10.2 Å². The highest BCUT2D eigenvalue weighted by Crippen LogP contribution is 2.29. The first-order chi connectivity index (χ1) is 13.5. The van der Waals surface area contributed by atoms with Gasteiger partial charge in [0.05, 0.1) is 18.6 Å². The fraction of sp³-hybridized carbons (Fsp3) is 0.619. The Morgan fingerprint density at radius 2 is 1.89 bits per heavy atom. The third-order valence-electron chi connectivity index (χ3n) is 5.57. The molecule has 1 aromatic rings. The Balaban J connectivity index is 1.54. The molecule has 1 saturated heterocycles. The van der Waals surface area contributed by atoms with Crippen LogP contribution in [0.4, 0.5) is 0 Å². The standard InChI is InChI=1S/C21H31ClN4O2/c1-2-23-20(24-16-21(28)8-3-4-9-21)26-12-10-25(11-13-26)19(27)15-17-6-5-7-18(22)14-17/h5-7,14,28H,2-4,8-13,15-16H2,1H3,(H,23,24). The number of halogens is 1. The number of aliphatic imine (C=N–C) groups is 1. The summed E-state index contributed by atoms with van der Waals surface area (Å²) >= 11 is 6.01. The van der Waals surface area contributed by atoms with Gasteiger partial charge >= 0.3 is 0 Å². The van der Waals surface area contributed by atoms with Crippen LogP contribution in [0.1, 0.15) is 38.2 Å². The number of guanidine groups is 1. The molecule has 7 heteroatoms. The Morgan fingerprint density at radius 3 is 2.54 bits per heavy atom. The SMILES string of the molecule is CCNC(=NCC1(O)CCCC1)N1CCN(C(=O)Cc2cccc(Cl)c2)CC1. The number of amides is 1. The maximum atomic E-state index is 12.6. The second-order valence-corrected chi connectivity index (χ2v) is 8.21. The van der Waals surface area contributed by atoms with Crippen LogP contribution in [0.2, 0.25) is 5.02 Å². The molecule has 1 saturated carbocycles. The van der Waals surface area contributed by atoms with Crippen molar-refractivity contribution in [2.45, 2.75) is 44.6 Å². The van der Waals surface area contributed by atoms with Crippen LogP contribution in [0.25, 0.3) is 0 Å². The third-order valence-corrected chi connectivity index (χ3v) is 5.80. The summed E-state index contributed by atoms with van der Waals surface area (Å²) in [6.07, 6.45) is 4.21. The molecule has 2 fully saturated rings. The van der Waals surface area contributed by atoms with Crippen LogP contribution in [-0.2, 0) is 11.2 Å². The number of hydrogen-bond donors (Lipinski definition) is 2. The first-order valence-corrected chi connectivity index (χ1v) is 10.6. The van der Waals surface area contributed by atoms with Crippen LogP contribution in [0.3, 0.4) is 0 Å². The van der Waals surface area contributed by atoms with E-state index in [-0.39, 0.29) is 5.91 Å². The molecule has 0 atom stereocenters. The van der Waals surface area contributed by atoms with Gasteiger partial charge in [0.15, 0.2) is 5.96 Å². The molecule has 1 amide bonds. The number of carbonyl (C=O) groups excluding carboxylic acids is 1. The van der Waals surface area contributed by atoms with Crippen LogP contribution < -0.4 is 5.32 Å². The van der Waals surface area contributed by atoms with Gasteiger partial charge in [-0.2, -0.15) is 0 Å². The fourth-order valence-electron chi connectivity index (χ4n) is 3.94. The number of rotatable bonds is 5. The molecule has 6 nitrogen and oxygen atoms in total. The minimum Gasteiger partial charge on any atom is -0.388 e. The molecule has 0 spiro atoms. The molecule has 3 rings (SSSR count). The van der Waals surface area contributed by atoms with E-state index in [1.165, 1.54) is 0 Å². The summed E-state index contributed by atoms with van der Waals surface area (Å²) in [5, 5.41) is 14.6. The van der Waals surface area contributed by atoms with Crippen molar-refractivity contribution in [1.29, 1.82) is 0 Å². The molecule has 0 radical (unpaired) electrons. The monoisotopic (exact) mass is 406 g/mol. The zero-order valence-corrected chi connectivity index (χ0v) is 17.4. The van der Waals surface area contributed by atoms with Crippen molar-refractivity contribution >= 4 is 23.5 Å². The molecule has 0 aromatic heterocycles. The van der Waals surface area contributed by atoms with Gasteiger partial charge in [0.2, 0.25) is 5.91 Å². The molecule has 28 heavy (non-hydrogen) atoms. The quantitative estimate of drug-likeness (QED) is 0.581. The second kappa shape index (κ2) is 9.61. The Morgan fingerprint density at radius 1 is 1.21 bits per heavy atom. The molecule has 1 aliphatic heterocycles. The van der Waals surface area contributed by atoms with E-state index in [9.17, 15) is 9.90 Å². The van der Waals surface area contributed by atoms with Gasteiger partial charge in [-0.3, -0.25) is 9.79 Å². The Hall–Kier alpha value is -1.79. The van der Waals surface area contributed by atoms with Gasteiger partial charge in [0.25, 0.3) is 0 Å². The number of piperazine rings is 1. The summed E-state index contributed by atoms with van der Waals surface area (Å²) < 4.78 is 0. The lowest BCUT2D eigenvalue weighted by Gasteiger charge is -2.37. The third kappa shape index (κ3) is 5.61. The molecule has 0 bridgehead atoms. The van der Waals surface area contributed by atoms with E-state index >= 15 is 0 Å². The Labute approximate surface area is 172 Å². The summed E-state index contributed by atoms with van der Waals surface area (Å²) in [6.45, 7) is 6.11. The summed E-state index contributed by atoms with van der Waals surface area (Å²) in [6, 6.07) is 7.47. The summed E-state index contributed by atoms with van der Waals surface area (Å²) in [5.41, 5.74) is 0.301. The lowest BCUT2D eigenvalue weighted by Crippen LogP contribution is -2.54. The Bertz CT molecular complexity index is 695. The maximum Gasteiger partial charge on any atom is 0.227 e. The lowest BCUT2D eigenvalue weighted by atomic mass is 10.0. The van der Waals surface area contributed by atoms with Gasteiger partial charge in [-0.25, -0.2) is 0 Å². The molecule has 0 unspecified atom stereocenters. The fourth-order valence-corrected chi connectivity index (χ4v) is 4.15. The van der Waals surface area contributed by atoms with E-state index in [1.54, 1.807) is 0 Å². The summed E-state index contributed by atoms with van der Waals surface area (Å²) in [4.78, 5) is 21.4. The van der Waals surface area contributed by atoms with Crippen molar-refractivity contribution in [3.8, 4) is 0 Å². The van der Waals surface area contributed by atoms with Crippen LogP contribution in [0.15, 0.2) is 29.3 Å². The van der Waals surface area contributed by atoms with Crippen LogP contribution in [0, 0.1) is 0 Å². The van der Waals surface area contributed by atoms with Gasteiger partial charge in [0.1, 0.15) is 0 Å². The number of hydrogen-bond acceptors (Lipinski definition) is 3. The summed E-state index contributed by atoms with van der Waals surface area (Å²) in [5.74, 6) is 0.967. The van der Waals surface area contributed by atoms with Crippen molar-refractivity contribution < 1.29 is 9.90 Å². The minimum absolute atomic E-state index is 0.129. The summed E-state index contributed by atoms with van der Waals surface area (Å²) in [7, 11) is 0. The van der Waals surface area contributed by atoms with Crippen molar-refractivity contribution in [2.24, 2.45) is 4.99 Å². The minimum atomic E-state index is -0.643. The highest BCUT2D eigenvalue weighted by atomic mass is 35.5. The predicted octanol–water partition coefficient (Wildman–Crippen LogP) is 2.30. The maximum absolute atomic E-state index is 12.6. The van der Waals surface area contributed by atoms with E-state index < -0.39 is 5.60 Å². The van der Waals surface area contributed by atoms with Gasteiger partial charge in [-0.05, 0) is 37.5 Å². The molecule has 1 heterocycles. The zero-order chi connectivity index (χ0) is 20.0. The zero-order valence-electron chi connectivity index (χ0n) is 16.7. The van der Waals surface area contributed by atoms with E-state index in [0.717, 1.165) is 56.8 Å². The van der Waals surface area contributed by atoms with Crippen molar-refractivity contribution in [2.75, 3.05) is 39.3 Å². The predicted molar refractivity (Wildman–Crippen MR) is 113 cm³/mol. The number of nitrogens with one attached hydrogen (secondary N) is 1. The molecule has 2 N–H and O–H groups in total.